The van der Waals surface area contributed by atoms with Gasteiger partial charge in [0, 0.05) is 12.0 Å². The van der Waals surface area contributed by atoms with Gasteiger partial charge in [0.2, 0.25) is 0 Å². The van der Waals surface area contributed by atoms with Crippen LogP contribution in [-0.2, 0) is 6.42 Å². The first-order chi connectivity index (χ1) is 8.72. The first-order valence-electron chi connectivity index (χ1n) is 5.85. The number of nitrogens with two attached hydrogens (primary N) is 1. The molecule has 0 spiro atoms. The van der Waals surface area contributed by atoms with Gasteiger partial charge in [0.15, 0.2) is 5.65 Å². The molecule has 4 nitrogen and oxygen atoms in total. The van der Waals surface area contributed by atoms with Crippen molar-refractivity contribution in [2.24, 2.45) is 0 Å². The molecule has 0 atom stereocenters. The highest BCUT2D eigenvalue weighted by molar-refractivity contribution is 5.51. The number of rotatable bonds is 2. The van der Waals surface area contributed by atoms with E-state index in [2.05, 4.69) is 41.3 Å². The number of benzene rings is 1. The van der Waals surface area contributed by atoms with E-state index >= 15 is 0 Å². The molecule has 0 saturated heterocycles. The first kappa shape index (κ1) is 10.8. The summed E-state index contributed by atoms with van der Waals surface area (Å²) in [5, 5.41) is 4.27. The summed E-state index contributed by atoms with van der Waals surface area (Å²) in [6, 6.07) is 8.51. The van der Waals surface area contributed by atoms with E-state index in [-0.39, 0.29) is 0 Å². The van der Waals surface area contributed by atoms with Crippen LogP contribution in [0.1, 0.15) is 16.7 Å². The van der Waals surface area contributed by atoms with Crippen molar-refractivity contribution in [3.63, 3.8) is 0 Å². The zero-order chi connectivity index (χ0) is 12.5. The fraction of sp³-hybridized carbons (Fsp3) is 0.143. The molecule has 2 aromatic heterocycles. The molecular weight excluding hydrogens is 224 g/mol. The third-order valence-electron chi connectivity index (χ3n) is 2.96. The average Bonchev–Trinajstić information content (AvgIpc) is 2.74. The lowest BCUT2D eigenvalue weighted by atomic mass is 10.1. The van der Waals surface area contributed by atoms with Crippen LogP contribution in [-0.4, -0.2) is 14.6 Å². The Kier molecular flexibility index (Phi) is 2.48. The molecular formula is C14H14N4. The Balaban J connectivity index is 1.97. The molecule has 0 amide bonds. The third-order valence-corrected chi connectivity index (χ3v) is 2.96. The highest BCUT2D eigenvalue weighted by Crippen LogP contribution is 2.15. The van der Waals surface area contributed by atoms with Crippen molar-refractivity contribution in [1.82, 2.24) is 14.6 Å². The Labute approximate surface area is 105 Å². The Morgan fingerprint density at radius 3 is 2.72 bits per heavy atom. The summed E-state index contributed by atoms with van der Waals surface area (Å²) in [6.45, 7) is 2.09. The molecule has 3 rings (SSSR count). The van der Waals surface area contributed by atoms with Crippen molar-refractivity contribution < 1.29 is 0 Å². The molecule has 0 saturated carbocycles. The molecule has 90 valence electrons. The summed E-state index contributed by atoms with van der Waals surface area (Å²) in [5.41, 5.74) is 10.8. The van der Waals surface area contributed by atoms with Gasteiger partial charge < -0.3 is 5.73 Å². The number of aryl methyl sites for hydroxylation is 1. The fourth-order valence-electron chi connectivity index (χ4n) is 1.99. The lowest BCUT2D eigenvalue weighted by Gasteiger charge is -2.01. The van der Waals surface area contributed by atoms with Gasteiger partial charge >= 0.3 is 0 Å². The van der Waals surface area contributed by atoms with Crippen molar-refractivity contribution in [3.05, 3.63) is 59.5 Å². The third kappa shape index (κ3) is 1.93. The molecule has 0 aliphatic heterocycles. The second kappa shape index (κ2) is 4.14. The van der Waals surface area contributed by atoms with Gasteiger partial charge in [-0.15, -0.1) is 0 Å². The summed E-state index contributed by atoms with van der Waals surface area (Å²) in [4.78, 5) is 4.33. The summed E-state index contributed by atoms with van der Waals surface area (Å²) in [7, 11) is 0. The van der Waals surface area contributed by atoms with Crippen LogP contribution in [0.3, 0.4) is 0 Å². The van der Waals surface area contributed by atoms with Crippen LogP contribution in [0.25, 0.3) is 5.65 Å². The molecule has 3 aromatic rings. The number of nitrogen functional groups attached to an aromatic ring is 1. The molecule has 0 unspecified atom stereocenters. The summed E-state index contributed by atoms with van der Waals surface area (Å²) >= 11 is 0. The van der Waals surface area contributed by atoms with Crippen molar-refractivity contribution in [3.8, 4) is 0 Å². The predicted octanol–water partition coefficient (Wildman–Crippen LogP) is 2.21. The van der Waals surface area contributed by atoms with E-state index in [1.54, 1.807) is 16.9 Å². The van der Waals surface area contributed by atoms with Crippen LogP contribution in [0.5, 0.6) is 0 Å². The van der Waals surface area contributed by atoms with Crippen LogP contribution in [0.2, 0.25) is 0 Å². The van der Waals surface area contributed by atoms with Crippen LogP contribution in [0.4, 0.5) is 5.69 Å². The Morgan fingerprint density at radius 2 is 1.94 bits per heavy atom. The lowest BCUT2D eigenvalue weighted by molar-refractivity contribution is 0.942. The van der Waals surface area contributed by atoms with Crippen LogP contribution < -0.4 is 5.73 Å². The minimum atomic E-state index is 0.618. The van der Waals surface area contributed by atoms with Gasteiger partial charge in [-0.1, -0.05) is 29.8 Å². The number of anilines is 1. The van der Waals surface area contributed by atoms with Gasteiger partial charge in [0.05, 0.1) is 24.3 Å². The predicted molar refractivity (Wildman–Crippen MR) is 71.4 cm³/mol. The van der Waals surface area contributed by atoms with Crippen LogP contribution >= 0.6 is 0 Å². The van der Waals surface area contributed by atoms with Crippen molar-refractivity contribution in [2.45, 2.75) is 13.3 Å². The van der Waals surface area contributed by atoms with Gasteiger partial charge in [-0.25, -0.2) is 9.50 Å². The topological polar surface area (TPSA) is 56.2 Å². The van der Waals surface area contributed by atoms with E-state index in [4.69, 9.17) is 5.73 Å². The summed E-state index contributed by atoms with van der Waals surface area (Å²) in [5.74, 6) is 0. The number of nitrogens with zero attached hydrogens (tertiary/aromatic N) is 3. The molecule has 2 heterocycles. The summed E-state index contributed by atoms with van der Waals surface area (Å²) < 4.78 is 1.72. The minimum Gasteiger partial charge on any atom is -0.396 e. The van der Waals surface area contributed by atoms with E-state index in [0.29, 0.717) is 5.69 Å². The highest BCUT2D eigenvalue weighted by atomic mass is 15.2. The SMILES string of the molecule is Cc1ccc(Cc2cnn3cc(N)cnc23)cc1. The Hall–Kier alpha value is -2.36. The first-order valence-corrected chi connectivity index (χ1v) is 5.85. The van der Waals surface area contributed by atoms with Gasteiger partial charge in [-0.2, -0.15) is 5.10 Å². The Bertz CT molecular complexity index is 683. The molecule has 2 N–H and O–H groups in total. The van der Waals surface area contributed by atoms with Crippen molar-refractivity contribution in [1.29, 1.82) is 0 Å². The van der Waals surface area contributed by atoms with Gasteiger partial charge in [0.25, 0.3) is 0 Å². The standard InChI is InChI=1S/C14H14N4/c1-10-2-4-11(5-3-10)6-12-7-17-18-9-13(15)8-16-14(12)18/h2-5,7-9H,6,15H2,1H3. The molecule has 0 radical (unpaired) electrons. The smallest absolute Gasteiger partial charge is 0.158 e. The lowest BCUT2D eigenvalue weighted by Crippen LogP contribution is -1.95. The van der Waals surface area contributed by atoms with Crippen molar-refractivity contribution in [2.75, 3.05) is 5.73 Å². The van der Waals surface area contributed by atoms with Crippen LogP contribution in [0, 0.1) is 6.92 Å². The molecule has 18 heavy (non-hydrogen) atoms. The summed E-state index contributed by atoms with van der Waals surface area (Å²) in [6.07, 6.45) is 6.12. The Morgan fingerprint density at radius 1 is 1.17 bits per heavy atom. The number of hydrogen-bond acceptors (Lipinski definition) is 3. The molecule has 0 aliphatic rings. The zero-order valence-corrected chi connectivity index (χ0v) is 10.2. The maximum absolute atomic E-state index is 5.68. The van der Waals surface area contributed by atoms with E-state index in [9.17, 15) is 0 Å². The van der Waals surface area contributed by atoms with E-state index in [1.807, 2.05) is 6.20 Å². The van der Waals surface area contributed by atoms with Gasteiger partial charge in [0.1, 0.15) is 0 Å². The molecule has 1 aromatic carbocycles. The number of aromatic nitrogens is 3. The quantitative estimate of drug-likeness (QED) is 0.744. The second-order valence-corrected chi connectivity index (χ2v) is 4.49. The monoisotopic (exact) mass is 238 g/mol. The van der Waals surface area contributed by atoms with E-state index in [0.717, 1.165) is 17.6 Å². The number of fused-ring (bicyclic) bond motifs is 1. The molecule has 4 heteroatoms. The maximum atomic E-state index is 5.68. The molecule has 0 bridgehead atoms. The van der Waals surface area contributed by atoms with E-state index < -0.39 is 0 Å². The zero-order valence-electron chi connectivity index (χ0n) is 10.2. The fourth-order valence-corrected chi connectivity index (χ4v) is 1.99. The minimum absolute atomic E-state index is 0.618. The van der Waals surface area contributed by atoms with Gasteiger partial charge in [-0.3, -0.25) is 0 Å². The average molecular weight is 238 g/mol. The molecule has 0 fully saturated rings. The highest BCUT2D eigenvalue weighted by Gasteiger charge is 2.06. The molecule has 0 aliphatic carbocycles. The second-order valence-electron chi connectivity index (χ2n) is 4.49. The largest absolute Gasteiger partial charge is 0.396 e. The van der Waals surface area contributed by atoms with Crippen molar-refractivity contribution >= 4 is 11.3 Å². The number of hydrogen-bond donors (Lipinski definition) is 1. The van der Waals surface area contributed by atoms with Gasteiger partial charge in [-0.05, 0) is 12.5 Å². The normalized spacial score (nSPS) is 10.9. The van der Waals surface area contributed by atoms with E-state index in [1.165, 1.54) is 11.1 Å². The van der Waals surface area contributed by atoms with Crippen LogP contribution in [0.15, 0.2) is 42.9 Å². The maximum Gasteiger partial charge on any atom is 0.158 e.